The molecule has 0 aliphatic heterocycles. The maximum atomic E-state index is 13.5. The van der Waals surface area contributed by atoms with Gasteiger partial charge in [-0.15, -0.1) is 0 Å². The Morgan fingerprint density at radius 3 is 1.97 bits per heavy atom. The minimum atomic E-state index is -3.88. The molecule has 4 aromatic carbocycles. The van der Waals surface area contributed by atoms with E-state index in [0.717, 1.165) is 26.9 Å². The van der Waals surface area contributed by atoms with Crippen LogP contribution in [0.3, 0.4) is 0 Å². The molecule has 0 saturated carbocycles. The lowest BCUT2D eigenvalue weighted by atomic mass is 10.0. The fourth-order valence-corrected chi connectivity index (χ4v) is 5.18. The molecule has 5 nitrogen and oxygen atoms in total. The molecule has 0 spiro atoms. The molecule has 7 heteroatoms. The number of benzene rings is 4. The predicted molar refractivity (Wildman–Crippen MR) is 144 cm³/mol. The number of anilines is 1. The highest BCUT2D eigenvalue weighted by Gasteiger charge is 2.26. The lowest BCUT2D eigenvalue weighted by Crippen LogP contribution is -2.16. The van der Waals surface area contributed by atoms with Crippen LogP contribution in [0.5, 0.6) is 0 Å². The summed E-state index contributed by atoms with van der Waals surface area (Å²) >= 11 is 3.49. The van der Waals surface area contributed by atoms with E-state index in [1.165, 1.54) is 0 Å². The van der Waals surface area contributed by atoms with Crippen molar-refractivity contribution in [2.24, 2.45) is 0 Å². The van der Waals surface area contributed by atoms with Crippen molar-refractivity contribution in [1.82, 2.24) is 9.78 Å². The maximum Gasteiger partial charge on any atom is 0.263 e. The molecule has 1 aromatic heterocycles. The van der Waals surface area contributed by atoms with Gasteiger partial charge in [-0.2, -0.15) is 5.10 Å². The molecule has 0 bridgehead atoms. The van der Waals surface area contributed by atoms with Gasteiger partial charge < -0.3 is 0 Å². The summed E-state index contributed by atoms with van der Waals surface area (Å²) in [5.41, 5.74) is 4.84. The number of sulfonamides is 1. The minimum Gasteiger partial charge on any atom is -0.263 e. The zero-order valence-electron chi connectivity index (χ0n) is 18.9. The monoisotopic (exact) mass is 543 g/mol. The molecule has 0 aliphatic carbocycles. The standard InChI is InChI=1S/C28H22BrN3O2S/c1-20-12-18-25(19-13-20)35(33,34)31-28-26(21-8-4-2-5-9-21)27(22-14-16-23(29)17-15-22)30-32(28)24-10-6-3-7-11-24/h2-19,31H,1H3. The summed E-state index contributed by atoms with van der Waals surface area (Å²) in [4.78, 5) is 0.188. The summed E-state index contributed by atoms with van der Waals surface area (Å²) in [5.74, 6) is 0.376. The van der Waals surface area contributed by atoms with Gasteiger partial charge in [-0.3, -0.25) is 4.72 Å². The number of rotatable bonds is 6. The van der Waals surface area contributed by atoms with Gasteiger partial charge in [0, 0.05) is 10.0 Å². The quantitative estimate of drug-likeness (QED) is 0.249. The van der Waals surface area contributed by atoms with Crippen LogP contribution in [0, 0.1) is 6.92 Å². The molecular formula is C28H22BrN3O2S. The fourth-order valence-electron chi connectivity index (χ4n) is 3.86. The molecule has 0 saturated heterocycles. The van der Waals surface area contributed by atoms with Gasteiger partial charge in [0.15, 0.2) is 5.82 Å². The molecule has 35 heavy (non-hydrogen) atoms. The van der Waals surface area contributed by atoms with Crippen molar-refractivity contribution >= 4 is 31.8 Å². The van der Waals surface area contributed by atoms with Gasteiger partial charge in [-0.25, -0.2) is 13.1 Å². The normalized spacial score (nSPS) is 11.4. The molecular weight excluding hydrogens is 522 g/mol. The summed E-state index contributed by atoms with van der Waals surface area (Å²) < 4.78 is 32.5. The second-order valence-electron chi connectivity index (χ2n) is 8.11. The molecule has 0 radical (unpaired) electrons. The second-order valence-corrected chi connectivity index (χ2v) is 10.7. The summed E-state index contributed by atoms with van der Waals surface area (Å²) in [6, 6.07) is 33.8. The summed E-state index contributed by atoms with van der Waals surface area (Å²) in [6.07, 6.45) is 0. The van der Waals surface area contributed by atoms with Crippen molar-refractivity contribution in [3.05, 3.63) is 119 Å². The van der Waals surface area contributed by atoms with E-state index in [1.54, 1.807) is 28.9 Å². The number of hydrogen-bond donors (Lipinski definition) is 1. The Hall–Kier alpha value is -3.68. The van der Waals surface area contributed by atoms with Gasteiger partial charge in [0.05, 0.1) is 16.1 Å². The number of halogens is 1. The third kappa shape index (κ3) is 4.78. The van der Waals surface area contributed by atoms with Crippen molar-refractivity contribution < 1.29 is 8.42 Å². The molecule has 0 atom stereocenters. The molecule has 1 N–H and O–H groups in total. The van der Waals surface area contributed by atoms with E-state index in [4.69, 9.17) is 5.10 Å². The van der Waals surface area contributed by atoms with Crippen LogP contribution in [0.1, 0.15) is 5.56 Å². The minimum absolute atomic E-state index is 0.188. The van der Waals surface area contributed by atoms with Crippen LogP contribution in [0.4, 0.5) is 5.82 Å². The first-order valence-corrected chi connectivity index (χ1v) is 13.3. The topological polar surface area (TPSA) is 64.0 Å². The zero-order valence-corrected chi connectivity index (χ0v) is 21.3. The third-order valence-corrected chi connectivity index (χ3v) is 7.51. The van der Waals surface area contributed by atoms with E-state index >= 15 is 0 Å². The molecule has 0 fully saturated rings. The first-order valence-electron chi connectivity index (χ1n) is 11.0. The maximum absolute atomic E-state index is 13.5. The Morgan fingerprint density at radius 2 is 1.34 bits per heavy atom. The molecule has 0 amide bonds. The van der Waals surface area contributed by atoms with Gasteiger partial charge in [0.2, 0.25) is 0 Å². The van der Waals surface area contributed by atoms with Crippen molar-refractivity contribution in [2.75, 3.05) is 4.72 Å². The van der Waals surface area contributed by atoms with E-state index in [9.17, 15) is 8.42 Å². The largest absolute Gasteiger partial charge is 0.263 e. The zero-order chi connectivity index (χ0) is 24.4. The van der Waals surface area contributed by atoms with Crippen LogP contribution in [0.2, 0.25) is 0 Å². The number of aryl methyl sites for hydroxylation is 1. The highest BCUT2D eigenvalue weighted by atomic mass is 79.9. The molecule has 0 unspecified atom stereocenters. The van der Waals surface area contributed by atoms with Crippen molar-refractivity contribution in [3.8, 4) is 28.1 Å². The van der Waals surface area contributed by atoms with Crippen LogP contribution in [-0.2, 0) is 10.0 Å². The number of para-hydroxylation sites is 1. The Morgan fingerprint density at radius 1 is 0.743 bits per heavy atom. The van der Waals surface area contributed by atoms with Gasteiger partial charge in [-0.05, 0) is 48.9 Å². The Bertz CT molecular complexity index is 1560. The fraction of sp³-hybridized carbons (Fsp3) is 0.0357. The van der Waals surface area contributed by atoms with Crippen molar-refractivity contribution in [3.63, 3.8) is 0 Å². The first kappa shape index (κ1) is 23.1. The summed E-state index contributed by atoms with van der Waals surface area (Å²) in [7, 11) is -3.88. The van der Waals surface area contributed by atoms with E-state index in [0.29, 0.717) is 17.1 Å². The lowest BCUT2D eigenvalue weighted by molar-refractivity contribution is 0.600. The average Bonchev–Trinajstić information content (AvgIpc) is 3.24. The van der Waals surface area contributed by atoms with Crippen molar-refractivity contribution in [2.45, 2.75) is 11.8 Å². The predicted octanol–water partition coefficient (Wildman–Crippen LogP) is 7.08. The van der Waals surface area contributed by atoms with Crippen molar-refractivity contribution in [1.29, 1.82) is 0 Å². The van der Waals surface area contributed by atoms with E-state index in [2.05, 4.69) is 20.7 Å². The van der Waals surface area contributed by atoms with Crippen LogP contribution in [0.25, 0.3) is 28.1 Å². The van der Waals surface area contributed by atoms with Crippen LogP contribution < -0.4 is 4.72 Å². The number of nitrogens with one attached hydrogen (secondary N) is 1. The van der Waals surface area contributed by atoms with Gasteiger partial charge in [0.25, 0.3) is 10.0 Å². The number of hydrogen-bond acceptors (Lipinski definition) is 3. The first-order chi connectivity index (χ1) is 16.9. The van der Waals surface area contributed by atoms with E-state index in [1.807, 2.05) is 91.9 Å². The third-order valence-electron chi connectivity index (χ3n) is 5.63. The summed E-state index contributed by atoms with van der Waals surface area (Å²) in [6.45, 7) is 1.92. The molecule has 5 aromatic rings. The molecule has 5 rings (SSSR count). The highest BCUT2D eigenvalue weighted by molar-refractivity contribution is 9.10. The van der Waals surface area contributed by atoms with Crippen LogP contribution >= 0.6 is 15.9 Å². The second kappa shape index (κ2) is 9.52. The van der Waals surface area contributed by atoms with Gasteiger partial charge >= 0.3 is 0 Å². The summed E-state index contributed by atoms with van der Waals surface area (Å²) in [5, 5.41) is 4.92. The average molecular weight is 544 g/mol. The van der Waals surface area contributed by atoms with Gasteiger partial charge in [0.1, 0.15) is 5.69 Å². The highest BCUT2D eigenvalue weighted by Crippen LogP contribution is 2.40. The van der Waals surface area contributed by atoms with Crippen LogP contribution in [-0.4, -0.2) is 18.2 Å². The van der Waals surface area contributed by atoms with Gasteiger partial charge in [-0.1, -0.05) is 94.3 Å². The molecule has 174 valence electrons. The molecule has 0 aliphatic rings. The van der Waals surface area contributed by atoms with E-state index in [-0.39, 0.29) is 4.90 Å². The number of aromatic nitrogens is 2. The Labute approximate surface area is 213 Å². The van der Waals surface area contributed by atoms with E-state index < -0.39 is 10.0 Å². The van der Waals surface area contributed by atoms with Crippen LogP contribution in [0.15, 0.2) is 119 Å². The number of nitrogens with zero attached hydrogens (tertiary/aromatic N) is 2. The molecule has 1 heterocycles. The SMILES string of the molecule is Cc1ccc(S(=O)(=O)Nc2c(-c3ccccc3)c(-c3ccc(Br)cc3)nn2-c2ccccc2)cc1. The Kier molecular flexibility index (Phi) is 6.28. The smallest absolute Gasteiger partial charge is 0.263 e. The lowest BCUT2D eigenvalue weighted by Gasteiger charge is -2.13. The Balaban J connectivity index is 1.78.